The van der Waals surface area contributed by atoms with E-state index in [-0.39, 0.29) is 12.1 Å². The van der Waals surface area contributed by atoms with Crippen LogP contribution in [0.1, 0.15) is 5.56 Å². The predicted octanol–water partition coefficient (Wildman–Crippen LogP) is 2.01. The second kappa shape index (κ2) is 4.60. The van der Waals surface area contributed by atoms with Crippen LogP contribution in [-0.4, -0.2) is 19.6 Å². The van der Waals surface area contributed by atoms with Gasteiger partial charge in [-0.25, -0.2) is 13.8 Å². The number of hydrogen-bond donors (Lipinski definition) is 1. The number of fused-ring (bicyclic) bond motifs is 1. The van der Waals surface area contributed by atoms with Crippen LogP contribution in [0.15, 0.2) is 36.9 Å². The molecule has 3 aromatic rings. The van der Waals surface area contributed by atoms with Crippen LogP contribution in [0.2, 0.25) is 0 Å². The van der Waals surface area contributed by atoms with Gasteiger partial charge in [0.1, 0.15) is 18.0 Å². The van der Waals surface area contributed by atoms with Gasteiger partial charge in [-0.1, -0.05) is 6.07 Å². The van der Waals surface area contributed by atoms with Crippen LogP contribution >= 0.6 is 0 Å². The topological polar surface area (TPSA) is 55.1 Å². The maximum atomic E-state index is 13.5. The molecule has 0 aliphatic carbocycles. The molecule has 1 aromatic carbocycles. The Bertz CT molecular complexity index is 705. The van der Waals surface area contributed by atoms with E-state index in [9.17, 15) is 8.78 Å². The Morgan fingerprint density at radius 3 is 2.79 bits per heavy atom. The second-order valence-corrected chi connectivity index (χ2v) is 3.89. The number of nitrogens with one attached hydrogen (secondary N) is 1. The second-order valence-electron chi connectivity index (χ2n) is 3.89. The standard InChI is InChI=1S/C12H9F2N5/c13-9-2-1-3-10(14)8(9)6-16-11-12-18-17-7-19(12)5-4-15-11/h1-5,7H,6H2,(H,15,16). The van der Waals surface area contributed by atoms with Crippen LogP contribution in [0.25, 0.3) is 5.65 Å². The third-order valence-electron chi connectivity index (χ3n) is 2.71. The summed E-state index contributed by atoms with van der Waals surface area (Å²) in [4.78, 5) is 4.07. The zero-order valence-corrected chi connectivity index (χ0v) is 9.72. The predicted molar refractivity (Wildman–Crippen MR) is 64.5 cm³/mol. The van der Waals surface area contributed by atoms with Gasteiger partial charge in [0.25, 0.3) is 0 Å². The lowest BCUT2D eigenvalue weighted by Gasteiger charge is -2.08. The SMILES string of the molecule is Fc1cccc(F)c1CNc1nccn2cnnc12. The Labute approximate surface area is 106 Å². The van der Waals surface area contributed by atoms with Crippen molar-refractivity contribution in [2.75, 3.05) is 5.32 Å². The minimum atomic E-state index is -0.596. The lowest BCUT2D eigenvalue weighted by molar-refractivity contribution is 0.560. The Balaban J connectivity index is 1.88. The van der Waals surface area contributed by atoms with Crippen LogP contribution in [0.5, 0.6) is 0 Å². The average molecular weight is 261 g/mol. The van der Waals surface area contributed by atoms with Crippen molar-refractivity contribution >= 4 is 11.5 Å². The maximum Gasteiger partial charge on any atom is 0.203 e. The molecule has 0 bridgehead atoms. The first-order valence-electron chi connectivity index (χ1n) is 5.57. The Morgan fingerprint density at radius 1 is 1.21 bits per heavy atom. The molecule has 2 heterocycles. The monoisotopic (exact) mass is 261 g/mol. The molecule has 5 nitrogen and oxygen atoms in total. The highest BCUT2D eigenvalue weighted by molar-refractivity contribution is 5.61. The molecular formula is C12H9F2N5. The van der Waals surface area contributed by atoms with E-state index in [1.807, 2.05) is 0 Å². The van der Waals surface area contributed by atoms with Gasteiger partial charge in [-0.15, -0.1) is 10.2 Å². The molecule has 96 valence electrons. The summed E-state index contributed by atoms with van der Waals surface area (Å²) in [6.07, 6.45) is 4.76. The van der Waals surface area contributed by atoms with Crippen molar-refractivity contribution in [3.05, 3.63) is 54.1 Å². The molecule has 0 unspecified atom stereocenters. The Morgan fingerprint density at radius 2 is 2.00 bits per heavy atom. The molecule has 0 saturated carbocycles. The summed E-state index contributed by atoms with van der Waals surface area (Å²) in [5.74, 6) is -0.774. The van der Waals surface area contributed by atoms with Crippen LogP contribution < -0.4 is 5.32 Å². The molecule has 1 N–H and O–H groups in total. The fourth-order valence-electron chi connectivity index (χ4n) is 1.76. The van der Waals surface area contributed by atoms with E-state index < -0.39 is 11.6 Å². The summed E-state index contributed by atoms with van der Waals surface area (Å²) < 4.78 is 28.6. The molecule has 0 spiro atoms. The fourth-order valence-corrected chi connectivity index (χ4v) is 1.76. The van der Waals surface area contributed by atoms with Gasteiger partial charge in [0.15, 0.2) is 5.82 Å². The quantitative estimate of drug-likeness (QED) is 0.783. The van der Waals surface area contributed by atoms with Gasteiger partial charge in [-0.05, 0) is 12.1 Å². The zero-order valence-electron chi connectivity index (χ0n) is 9.72. The Kier molecular flexibility index (Phi) is 2.79. The highest BCUT2D eigenvalue weighted by atomic mass is 19.1. The summed E-state index contributed by atoms with van der Waals surface area (Å²) in [5, 5.41) is 10.5. The molecule has 7 heteroatoms. The smallest absolute Gasteiger partial charge is 0.203 e. The first-order valence-corrected chi connectivity index (χ1v) is 5.57. The van der Waals surface area contributed by atoms with Gasteiger partial charge in [0, 0.05) is 24.5 Å². The number of halogens is 2. The maximum absolute atomic E-state index is 13.5. The van der Waals surface area contributed by atoms with Crippen LogP contribution in [-0.2, 0) is 6.54 Å². The van der Waals surface area contributed by atoms with E-state index in [1.165, 1.54) is 24.5 Å². The molecular weight excluding hydrogens is 252 g/mol. The normalized spacial score (nSPS) is 10.8. The van der Waals surface area contributed by atoms with Gasteiger partial charge in [0.2, 0.25) is 5.65 Å². The van der Waals surface area contributed by atoms with E-state index >= 15 is 0 Å². The number of benzene rings is 1. The molecule has 0 fully saturated rings. The van der Waals surface area contributed by atoms with Gasteiger partial charge in [-0.3, -0.25) is 4.40 Å². The molecule has 0 aliphatic rings. The van der Waals surface area contributed by atoms with E-state index in [4.69, 9.17) is 0 Å². The molecule has 2 aromatic heterocycles. The molecule has 0 saturated heterocycles. The minimum absolute atomic E-state index is 0.0158. The number of rotatable bonds is 3. The van der Waals surface area contributed by atoms with Crippen molar-refractivity contribution < 1.29 is 8.78 Å². The highest BCUT2D eigenvalue weighted by Gasteiger charge is 2.10. The number of hydrogen-bond acceptors (Lipinski definition) is 4. The van der Waals surface area contributed by atoms with E-state index in [1.54, 1.807) is 16.8 Å². The third kappa shape index (κ3) is 2.10. The van der Waals surface area contributed by atoms with Crippen LogP contribution in [0, 0.1) is 11.6 Å². The van der Waals surface area contributed by atoms with E-state index in [0.717, 1.165) is 0 Å². The summed E-state index contributed by atoms with van der Waals surface area (Å²) in [6, 6.07) is 3.75. The minimum Gasteiger partial charge on any atom is -0.363 e. The summed E-state index contributed by atoms with van der Waals surface area (Å²) in [6.45, 7) is -0.0158. The van der Waals surface area contributed by atoms with Gasteiger partial charge < -0.3 is 5.32 Å². The van der Waals surface area contributed by atoms with Crippen molar-refractivity contribution in [2.24, 2.45) is 0 Å². The number of anilines is 1. The van der Waals surface area contributed by atoms with Crippen molar-refractivity contribution in [1.29, 1.82) is 0 Å². The fraction of sp³-hybridized carbons (Fsp3) is 0.0833. The molecule has 0 radical (unpaired) electrons. The van der Waals surface area contributed by atoms with Crippen molar-refractivity contribution in [2.45, 2.75) is 6.54 Å². The zero-order chi connectivity index (χ0) is 13.2. The largest absolute Gasteiger partial charge is 0.363 e. The van der Waals surface area contributed by atoms with Crippen molar-refractivity contribution in [3.8, 4) is 0 Å². The Hall–Kier alpha value is -2.57. The number of nitrogens with zero attached hydrogens (tertiary/aromatic N) is 4. The molecule has 0 aliphatic heterocycles. The molecule has 3 rings (SSSR count). The van der Waals surface area contributed by atoms with Gasteiger partial charge in [-0.2, -0.15) is 0 Å². The summed E-state index contributed by atoms with van der Waals surface area (Å²) >= 11 is 0. The van der Waals surface area contributed by atoms with Gasteiger partial charge >= 0.3 is 0 Å². The van der Waals surface area contributed by atoms with Gasteiger partial charge in [0.05, 0.1) is 0 Å². The molecule has 19 heavy (non-hydrogen) atoms. The first-order chi connectivity index (χ1) is 9.25. The number of aromatic nitrogens is 4. The van der Waals surface area contributed by atoms with E-state index in [2.05, 4.69) is 20.5 Å². The highest BCUT2D eigenvalue weighted by Crippen LogP contribution is 2.15. The molecule has 0 amide bonds. The average Bonchev–Trinajstić information content (AvgIpc) is 2.87. The van der Waals surface area contributed by atoms with Crippen LogP contribution in [0.4, 0.5) is 14.6 Å². The molecule has 0 atom stereocenters. The van der Waals surface area contributed by atoms with Crippen molar-refractivity contribution in [1.82, 2.24) is 19.6 Å². The lowest BCUT2D eigenvalue weighted by Crippen LogP contribution is -2.07. The lowest BCUT2D eigenvalue weighted by atomic mass is 10.2. The van der Waals surface area contributed by atoms with Crippen molar-refractivity contribution in [3.63, 3.8) is 0 Å². The van der Waals surface area contributed by atoms with Crippen LogP contribution in [0.3, 0.4) is 0 Å². The summed E-state index contributed by atoms with van der Waals surface area (Å²) in [5.41, 5.74) is 0.463. The van der Waals surface area contributed by atoms with E-state index in [0.29, 0.717) is 11.5 Å². The first kappa shape index (κ1) is 11.5. The third-order valence-corrected chi connectivity index (χ3v) is 2.71. The summed E-state index contributed by atoms with van der Waals surface area (Å²) in [7, 11) is 0.